The highest BCUT2D eigenvalue weighted by Gasteiger charge is 2.10. The molecule has 1 aliphatic heterocycles. The molecule has 1 saturated heterocycles. The average molecular weight is 209 g/mol. The molecule has 1 fully saturated rings. The van der Waals surface area contributed by atoms with Crippen LogP contribution in [-0.4, -0.2) is 12.7 Å². The zero-order valence-corrected chi connectivity index (χ0v) is 8.70. The summed E-state index contributed by atoms with van der Waals surface area (Å²) in [5.74, 6) is 0. The first kappa shape index (κ1) is 9.75. The van der Waals surface area contributed by atoms with Crippen molar-refractivity contribution in [3.8, 4) is 0 Å². The second kappa shape index (κ2) is 4.63. The van der Waals surface area contributed by atoms with Crippen LogP contribution < -0.4 is 0 Å². The molecule has 0 bridgehead atoms. The molecule has 1 aromatic rings. The molecule has 0 N–H and O–H groups in total. The molecule has 74 valence electrons. The molecule has 1 heterocycles. The van der Waals surface area contributed by atoms with Gasteiger partial charge in [0.25, 0.3) is 0 Å². The molecule has 1 nitrogen and oxygen atoms in total. The summed E-state index contributed by atoms with van der Waals surface area (Å²) < 4.78 is 5.49. The van der Waals surface area contributed by atoms with Gasteiger partial charge >= 0.3 is 0 Å². The van der Waals surface area contributed by atoms with E-state index in [9.17, 15) is 0 Å². The van der Waals surface area contributed by atoms with Gasteiger partial charge in [0, 0.05) is 11.6 Å². The zero-order valence-electron chi connectivity index (χ0n) is 7.95. The largest absolute Gasteiger partial charge is 0.374 e. The molecule has 0 aliphatic carbocycles. The predicted octanol–water partition coefficient (Wildman–Crippen LogP) is 3.53. The minimum absolute atomic E-state index is 0.300. The van der Waals surface area contributed by atoms with Gasteiger partial charge < -0.3 is 4.74 Å². The molecule has 0 amide bonds. The first-order valence-corrected chi connectivity index (χ1v) is 5.28. The Hall–Kier alpha value is -0.790. The van der Waals surface area contributed by atoms with Crippen molar-refractivity contribution in [2.75, 3.05) is 6.61 Å². The molecule has 1 atom stereocenters. The number of halogens is 1. The Bertz CT molecular complexity index is 327. The van der Waals surface area contributed by atoms with Crippen molar-refractivity contribution < 1.29 is 4.74 Å². The van der Waals surface area contributed by atoms with E-state index in [1.54, 1.807) is 0 Å². The van der Waals surface area contributed by atoms with Gasteiger partial charge in [0.2, 0.25) is 0 Å². The number of benzene rings is 1. The quantitative estimate of drug-likeness (QED) is 0.723. The zero-order chi connectivity index (χ0) is 9.80. The van der Waals surface area contributed by atoms with E-state index >= 15 is 0 Å². The van der Waals surface area contributed by atoms with E-state index in [4.69, 9.17) is 16.3 Å². The maximum absolute atomic E-state index is 5.88. The number of hydrogen-bond donors (Lipinski definition) is 0. The summed E-state index contributed by atoms with van der Waals surface area (Å²) in [4.78, 5) is 0. The van der Waals surface area contributed by atoms with Gasteiger partial charge in [-0.2, -0.15) is 0 Å². The lowest BCUT2D eigenvalue weighted by Gasteiger charge is -2.01. The van der Waals surface area contributed by atoms with Crippen LogP contribution in [0.4, 0.5) is 0 Å². The fraction of sp³-hybridized carbons (Fsp3) is 0.333. The molecule has 0 unspecified atom stereocenters. The Kier molecular flexibility index (Phi) is 3.22. The van der Waals surface area contributed by atoms with Gasteiger partial charge in [-0.25, -0.2) is 0 Å². The van der Waals surface area contributed by atoms with E-state index in [0.29, 0.717) is 6.10 Å². The van der Waals surface area contributed by atoms with Gasteiger partial charge in [-0.05, 0) is 30.5 Å². The predicted molar refractivity (Wildman–Crippen MR) is 59.5 cm³/mol. The van der Waals surface area contributed by atoms with Crippen molar-refractivity contribution in [3.05, 3.63) is 40.9 Å². The number of ether oxygens (including phenoxy) is 1. The van der Waals surface area contributed by atoms with Crippen molar-refractivity contribution >= 4 is 17.7 Å². The van der Waals surface area contributed by atoms with E-state index in [0.717, 1.165) is 23.6 Å². The van der Waals surface area contributed by atoms with Gasteiger partial charge in [-0.1, -0.05) is 35.9 Å². The van der Waals surface area contributed by atoms with Crippen LogP contribution in [0.15, 0.2) is 30.3 Å². The molecule has 2 rings (SSSR count). The highest BCUT2D eigenvalue weighted by molar-refractivity contribution is 6.30. The van der Waals surface area contributed by atoms with Crippen molar-refractivity contribution in [2.24, 2.45) is 0 Å². The van der Waals surface area contributed by atoms with Crippen LogP contribution in [0.25, 0.3) is 6.08 Å². The van der Waals surface area contributed by atoms with Crippen LogP contribution >= 0.6 is 11.6 Å². The SMILES string of the molecule is Clc1cccc(/C=C/[C@H]2CCCO2)c1. The fourth-order valence-corrected chi connectivity index (χ4v) is 1.78. The van der Waals surface area contributed by atoms with Crippen LogP contribution in [-0.2, 0) is 4.74 Å². The van der Waals surface area contributed by atoms with Crippen LogP contribution in [0.5, 0.6) is 0 Å². The second-order valence-electron chi connectivity index (χ2n) is 3.47. The van der Waals surface area contributed by atoms with Crippen LogP contribution in [0.2, 0.25) is 5.02 Å². The molecular formula is C12H13ClO. The Balaban J connectivity index is 2.02. The van der Waals surface area contributed by atoms with Crippen LogP contribution in [0.1, 0.15) is 18.4 Å². The molecule has 0 saturated carbocycles. The molecule has 1 aromatic carbocycles. The normalized spacial score (nSPS) is 21.9. The fourth-order valence-electron chi connectivity index (χ4n) is 1.58. The molecule has 1 aliphatic rings. The van der Waals surface area contributed by atoms with Gasteiger partial charge in [0.1, 0.15) is 0 Å². The summed E-state index contributed by atoms with van der Waals surface area (Å²) in [7, 11) is 0. The van der Waals surface area contributed by atoms with Crippen LogP contribution in [0, 0.1) is 0 Å². The van der Waals surface area contributed by atoms with Crippen molar-refractivity contribution in [3.63, 3.8) is 0 Å². The van der Waals surface area contributed by atoms with E-state index in [1.165, 1.54) is 6.42 Å². The summed E-state index contributed by atoms with van der Waals surface area (Å²) in [6, 6.07) is 7.83. The summed E-state index contributed by atoms with van der Waals surface area (Å²) in [6.45, 7) is 0.893. The second-order valence-corrected chi connectivity index (χ2v) is 3.90. The van der Waals surface area contributed by atoms with E-state index in [-0.39, 0.29) is 0 Å². The van der Waals surface area contributed by atoms with Gasteiger partial charge in [-0.3, -0.25) is 0 Å². The van der Waals surface area contributed by atoms with Crippen molar-refractivity contribution in [1.82, 2.24) is 0 Å². The maximum Gasteiger partial charge on any atom is 0.0759 e. The number of rotatable bonds is 2. The van der Waals surface area contributed by atoms with Gasteiger partial charge in [0.05, 0.1) is 6.10 Å². The highest BCUT2D eigenvalue weighted by atomic mass is 35.5. The lowest BCUT2D eigenvalue weighted by Crippen LogP contribution is -1.98. The van der Waals surface area contributed by atoms with Gasteiger partial charge in [0.15, 0.2) is 0 Å². The number of hydrogen-bond acceptors (Lipinski definition) is 1. The van der Waals surface area contributed by atoms with Crippen molar-refractivity contribution in [1.29, 1.82) is 0 Å². The van der Waals surface area contributed by atoms with Crippen LogP contribution in [0.3, 0.4) is 0 Å². The smallest absolute Gasteiger partial charge is 0.0759 e. The first-order chi connectivity index (χ1) is 6.84. The van der Waals surface area contributed by atoms with E-state index < -0.39 is 0 Å². The highest BCUT2D eigenvalue weighted by Crippen LogP contribution is 2.16. The molecule has 0 radical (unpaired) electrons. The minimum atomic E-state index is 0.300. The summed E-state index contributed by atoms with van der Waals surface area (Å²) in [5.41, 5.74) is 1.13. The molecule has 0 spiro atoms. The monoisotopic (exact) mass is 208 g/mol. The molecule has 0 aromatic heterocycles. The third-order valence-corrected chi connectivity index (χ3v) is 2.55. The van der Waals surface area contributed by atoms with Crippen molar-refractivity contribution in [2.45, 2.75) is 18.9 Å². The lowest BCUT2D eigenvalue weighted by molar-refractivity contribution is 0.146. The minimum Gasteiger partial charge on any atom is -0.374 e. The topological polar surface area (TPSA) is 9.23 Å². The summed E-state index contributed by atoms with van der Waals surface area (Å²) in [5, 5.41) is 0.777. The Morgan fingerprint density at radius 2 is 2.36 bits per heavy atom. The lowest BCUT2D eigenvalue weighted by atomic mass is 10.1. The first-order valence-electron chi connectivity index (χ1n) is 4.90. The molecule has 2 heteroatoms. The third-order valence-electron chi connectivity index (χ3n) is 2.32. The van der Waals surface area contributed by atoms with E-state index in [1.807, 2.05) is 24.3 Å². The molecular weight excluding hydrogens is 196 g/mol. The summed E-state index contributed by atoms with van der Waals surface area (Å²) in [6.07, 6.45) is 6.79. The Morgan fingerprint density at radius 3 is 3.07 bits per heavy atom. The van der Waals surface area contributed by atoms with E-state index in [2.05, 4.69) is 12.2 Å². The Morgan fingerprint density at radius 1 is 1.43 bits per heavy atom. The third kappa shape index (κ3) is 2.60. The summed E-state index contributed by atoms with van der Waals surface area (Å²) >= 11 is 5.88. The average Bonchev–Trinajstić information content (AvgIpc) is 2.67. The maximum atomic E-state index is 5.88. The molecule has 14 heavy (non-hydrogen) atoms. The standard InChI is InChI=1S/C12H13ClO/c13-11-4-1-3-10(9-11)6-7-12-5-2-8-14-12/h1,3-4,6-7,9,12H,2,5,8H2/b7-6+/t12-/m1/s1. The van der Waals surface area contributed by atoms with Gasteiger partial charge in [-0.15, -0.1) is 0 Å². The Labute approximate surface area is 89.3 Å².